The van der Waals surface area contributed by atoms with Crippen molar-refractivity contribution in [3.63, 3.8) is 0 Å². The molecule has 102 valence electrons. The lowest BCUT2D eigenvalue weighted by Gasteiger charge is -2.03. The fourth-order valence-electron chi connectivity index (χ4n) is 1.96. The number of aryl methyl sites for hydroxylation is 1. The van der Waals surface area contributed by atoms with Crippen molar-refractivity contribution >= 4 is 22.8 Å². The van der Waals surface area contributed by atoms with E-state index >= 15 is 0 Å². The lowest BCUT2D eigenvalue weighted by molar-refractivity contribution is 0.194. The Labute approximate surface area is 121 Å². The third-order valence-electron chi connectivity index (χ3n) is 3.02. The molecule has 2 heterocycles. The topological polar surface area (TPSA) is 61.8 Å². The van der Waals surface area contributed by atoms with Crippen LogP contribution in [0.25, 0.3) is 11.0 Å². The molecular weight excluding hydrogens is 270 g/mol. The number of fused-ring (bicyclic) bond motifs is 1. The highest BCUT2D eigenvalue weighted by molar-refractivity contribution is 7.99. The normalized spacial score (nSPS) is 12.8. The molecule has 0 amide bonds. The molecule has 0 aliphatic heterocycles. The molecule has 0 aliphatic rings. The third-order valence-corrected chi connectivity index (χ3v) is 3.88. The van der Waals surface area contributed by atoms with Crippen LogP contribution in [0.1, 0.15) is 24.3 Å². The van der Waals surface area contributed by atoms with Crippen LogP contribution in [0, 0.1) is 6.92 Å². The van der Waals surface area contributed by atoms with Crippen LogP contribution in [0.4, 0.5) is 0 Å². The SMILES string of the molecule is Cc1ccc2nc(Sc3ccc([C@H](C)O)nc3)[nH]c2c1. The smallest absolute Gasteiger partial charge is 0.171 e. The minimum absolute atomic E-state index is 0.539. The highest BCUT2D eigenvalue weighted by Gasteiger charge is 2.06. The summed E-state index contributed by atoms with van der Waals surface area (Å²) in [6.07, 6.45) is 1.22. The fraction of sp³-hybridized carbons (Fsp3) is 0.200. The molecule has 20 heavy (non-hydrogen) atoms. The molecule has 0 saturated carbocycles. The van der Waals surface area contributed by atoms with Crippen LogP contribution in [-0.2, 0) is 0 Å². The molecule has 0 fully saturated rings. The molecule has 0 aliphatic carbocycles. The Balaban J connectivity index is 1.85. The lowest BCUT2D eigenvalue weighted by Crippen LogP contribution is -1.94. The van der Waals surface area contributed by atoms with E-state index in [1.165, 1.54) is 17.3 Å². The second kappa shape index (κ2) is 5.26. The van der Waals surface area contributed by atoms with Gasteiger partial charge in [0, 0.05) is 11.1 Å². The molecule has 0 spiro atoms. The average Bonchev–Trinajstić information content (AvgIpc) is 2.80. The second-order valence-electron chi connectivity index (χ2n) is 4.76. The van der Waals surface area contributed by atoms with Crippen molar-refractivity contribution in [2.75, 3.05) is 0 Å². The van der Waals surface area contributed by atoms with Gasteiger partial charge >= 0.3 is 0 Å². The highest BCUT2D eigenvalue weighted by atomic mass is 32.2. The lowest BCUT2D eigenvalue weighted by atomic mass is 10.2. The number of H-pyrrole nitrogens is 1. The number of nitrogens with zero attached hydrogens (tertiary/aromatic N) is 2. The maximum Gasteiger partial charge on any atom is 0.171 e. The van der Waals surface area contributed by atoms with Crippen molar-refractivity contribution in [3.05, 3.63) is 47.8 Å². The summed E-state index contributed by atoms with van der Waals surface area (Å²) in [5.74, 6) is 0. The van der Waals surface area contributed by atoms with Gasteiger partial charge in [0.05, 0.1) is 22.8 Å². The summed E-state index contributed by atoms with van der Waals surface area (Å²) in [6, 6.07) is 9.93. The molecule has 0 radical (unpaired) electrons. The Morgan fingerprint density at radius 2 is 2.10 bits per heavy atom. The van der Waals surface area contributed by atoms with E-state index in [0.717, 1.165) is 21.1 Å². The summed E-state index contributed by atoms with van der Waals surface area (Å²) < 4.78 is 0. The van der Waals surface area contributed by atoms with Gasteiger partial charge in [-0.2, -0.15) is 0 Å². The van der Waals surface area contributed by atoms with E-state index in [4.69, 9.17) is 0 Å². The Morgan fingerprint density at radius 3 is 2.80 bits per heavy atom. The monoisotopic (exact) mass is 285 g/mol. The van der Waals surface area contributed by atoms with Gasteiger partial charge in [0.2, 0.25) is 0 Å². The van der Waals surface area contributed by atoms with E-state index in [1.54, 1.807) is 13.1 Å². The summed E-state index contributed by atoms with van der Waals surface area (Å²) in [6.45, 7) is 3.77. The van der Waals surface area contributed by atoms with Crippen molar-refractivity contribution in [3.8, 4) is 0 Å². The molecular formula is C15H15N3OS. The summed E-state index contributed by atoms with van der Waals surface area (Å²) >= 11 is 1.53. The fourth-order valence-corrected chi connectivity index (χ4v) is 2.73. The van der Waals surface area contributed by atoms with Gasteiger partial charge in [-0.25, -0.2) is 4.98 Å². The first kappa shape index (κ1) is 13.1. The van der Waals surface area contributed by atoms with Crippen LogP contribution in [0.15, 0.2) is 46.6 Å². The molecule has 3 rings (SSSR count). The summed E-state index contributed by atoms with van der Waals surface area (Å²) in [4.78, 5) is 13.1. The number of hydrogen-bond donors (Lipinski definition) is 2. The summed E-state index contributed by atoms with van der Waals surface area (Å²) in [7, 11) is 0. The number of benzene rings is 1. The molecule has 5 heteroatoms. The van der Waals surface area contributed by atoms with Crippen molar-refractivity contribution in [2.24, 2.45) is 0 Å². The molecule has 2 aromatic heterocycles. The third kappa shape index (κ3) is 2.69. The number of pyridine rings is 1. The Hall–Kier alpha value is -1.85. The van der Waals surface area contributed by atoms with Gasteiger partial charge in [-0.3, -0.25) is 4.98 Å². The molecule has 3 aromatic rings. The van der Waals surface area contributed by atoms with Gasteiger partial charge in [0.15, 0.2) is 5.16 Å². The van der Waals surface area contributed by atoms with Crippen LogP contribution in [0.5, 0.6) is 0 Å². The molecule has 1 atom stereocenters. The van der Waals surface area contributed by atoms with Gasteiger partial charge in [0.1, 0.15) is 0 Å². The van der Waals surface area contributed by atoms with Gasteiger partial charge in [-0.15, -0.1) is 0 Å². The van der Waals surface area contributed by atoms with Gasteiger partial charge in [0.25, 0.3) is 0 Å². The largest absolute Gasteiger partial charge is 0.387 e. The first-order chi connectivity index (χ1) is 9.61. The van der Waals surface area contributed by atoms with Crippen molar-refractivity contribution in [1.29, 1.82) is 0 Å². The maximum absolute atomic E-state index is 9.44. The quantitative estimate of drug-likeness (QED) is 0.773. The Bertz CT molecular complexity index is 734. The van der Waals surface area contributed by atoms with Crippen molar-refractivity contribution in [2.45, 2.75) is 30.0 Å². The van der Waals surface area contributed by atoms with E-state index < -0.39 is 6.10 Å². The van der Waals surface area contributed by atoms with Crippen LogP contribution < -0.4 is 0 Å². The molecule has 4 nitrogen and oxygen atoms in total. The predicted octanol–water partition coefficient (Wildman–Crippen LogP) is 3.47. The average molecular weight is 285 g/mol. The number of nitrogens with one attached hydrogen (secondary N) is 1. The number of aromatic amines is 1. The van der Waals surface area contributed by atoms with Gasteiger partial charge < -0.3 is 10.1 Å². The van der Waals surface area contributed by atoms with Crippen molar-refractivity contribution < 1.29 is 5.11 Å². The zero-order valence-electron chi connectivity index (χ0n) is 11.3. The Kier molecular flexibility index (Phi) is 3.46. The predicted molar refractivity (Wildman–Crippen MR) is 79.8 cm³/mol. The van der Waals surface area contributed by atoms with Gasteiger partial charge in [-0.1, -0.05) is 17.8 Å². The van der Waals surface area contributed by atoms with E-state index in [1.807, 2.05) is 18.2 Å². The first-order valence-electron chi connectivity index (χ1n) is 6.40. The molecule has 2 N–H and O–H groups in total. The minimum atomic E-state index is -0.539. The number of hydrogen-bond acceptors (Lipinski definition) is 4. The summed E-state index contributed by atoms with van der Waals surface area (Å²) in [5, 5.41) is 10.3. The van der Waals surface area contributed by atoms with Crippen LogP contribution >= 0.6 is 11.8 Å². The molecule has 0 bridgehead atoms. The van der Waals surface area contributed by atoms with Gasteiger partial charge in [-0.05, 0) is 43.7 Å². The molecule has 0 unspecified atom stereocenters. The second-order valence-corrected chi connectivity index (χ2v) is 5.82. The molecule has 1 aromatic carbocycles. The minimum Gasteiger partial charge on any atom is -0.387 e. The highest BCUT2D eigenvalue weighted by Crippen LogP contribution is 2.27. The maximum atomic E-state index is 9.44. The standard InChI is InChI=1S/C15H15N3OS/c1-9-3-5-13-14(7-9)18-15(17-13)20-11-4-6-12(10(2)19)16-8-11/h3-8,10,19H,1-2H3,(H,17,18)/t10-/m0/s1. The van der Waals surface area contributed by atoms with Crippen LogP contribution in [0.3, 0.4) is 0 Å². The number of imidazole rings is 1. The van der Waals surface area contributed by atoms with Crippen LogP contribution in [0.2, 0.25) is 0 Å². The number of aliphatic hydroxyl groups is 1. The summed E-state index contributed by atoms with van der Waals surface area (Å²) in [5.41, 5.74) is 3.89. The first-order valence-corrected chi connectivity index (χ1v) is 7.22. The number of rotatable bonds is 3. The van der Waals surface area contributed by atoms with E-state index in [-0.39, 0.29) is 0 Å². The zero-order valence-corrected chi connectivity index (χ0v) is 12.1. The van der Waals surface area contributed by atoms with Crippen LogP contribution in [-0.4, -0.2) is 20.1 Å². The van der Waals surface area contributed by atoms with Crippen molar-refractivity contribution in [1.82, 2.24) is 15.0 Å². The number of aromatic nitrogens is 3. The Morgan fingerprint density at radius 1 is 1.25 bits per heavy atom. The number of aliphatic hydroxyl groups excluding tert-OH is 1. The molecule has 0 saturated heterocycles. The van der Waals surface area contributed by atoms with E-state index in [2.05, 4.69) is 34.0 Å². The van der Waals surface area contributed by atoms with E-state index in [9.17, 15) is 5.11 Å². The zero-order chi connectivity index (χ0) is 14.1. The van der Waals surface area contributed by atoms with E-state index in [0.29, 0.717) is 5.69 Å².